The van der Waals surface area contributed by atoms with Crippen molar-refractivity contribution in [1.82, 2.24) is 14.5 Å². The Morgan fingerprint density at radius 1 is 1.15 bits per heavy atom. The van der Waals surface area contributed by atoms with Gasteiger partial charge in [0.05, 0.1) is 6.57 Å². The molecule has 2 aromatic heterocycles. The Kier molecular flexibility index (Phi) is 4.36. The van der Waals surface area contributed by atoms with Crippen molar-refractivity contribution in [3.63, 3.8) is 0 Å². The quantitative estimate of drug-likeness (QED) is 0.462. The summed E-state index contributed by atoms with van der Waals surface area (Å²) in [6, 6.07) is 11.2. The molecule has 0 saturated carbocycles. The largest absolute Gasteiger partial charge is 0.362 e. The zero-order chi connectivity index (χ0) is 19.0. The number of fused-ring (bicyclic) bond motifs is 1. The van der Waals surface area contributed by atoms with Crippen molar-refractivity contribution in [3.05, 3.63) is 65.8 Å². The van der Waals surface area contributed by atoms with E-state index in [0.29, 0.717) is 10.7 Å². The van der Waals surface area contributed by atoms with Crippen LogP contribution in [-0.4, -0.2) is 38.5 Å². The molecule has 7 heteroatoms. The smallest absolute Gasteiger partial charge is 0.251 e. The van der Waals surface area contributed by atoms with Gasteiger partial charge < -0.3 is 9.47 Å². The third kappa shape index (κ3) is 3.40. The van der Waals surface area contributed by atoms with Crippen molar-refractivity contribution in [2.75, 3.05) is 13.1 Å². The highest BCUT2D eigenvalue weighted by atomic mass is 32.1. The van der Waals surface area contributed by atoms with Crippen LogP contribution in [0.4, 0.5) is 14.5 Å². The van der Waals surface area contributed by atoms with Crippen molar-refractivity contribution < 1.29 is 8.78 Å². The van der Waals surface area contributed by atoms with Crippen LogP contribution in [0, 0.1) is 6.57 Å². The molecule has 0 bridgehead atoms. The molecule has 0 atom stereocenters. The SMILES string of the molecule is [C-]#[N+]c1ccc(-n2ccc3cc(C(=S)N4CCC(F)(F)CC4)cnc32)cc1. The average molecular weight is 382 g/mol. The van der Waals surface area contributed by atoms with Gasteiger partial charge in [0.2, 0.25) is 0 Å². The van der Waals surface area contributed by atoms with Crippen LogP contribution in [0.1, 0.15) is 18.4 Å². The Hall–Kier alpha value is -2.85. The van der Waals surface area contributed by atoms with Gasteiger partial charge in [0.15, 0.2) is 5.69 Å². The molecule has 0 aliphatic carbocycles. The predicted molar refractivity (Wildman–Crippen MR) is 105 cm³/mol. The monoisotopic (exact) mass is 382 g/mol. The summed E-state index contributed by atoms with van der Waals surface area (Å²) in [5.41, 5.74) is 3.05. The lowest BCUT2D eigenvalue weighted by atomic mass is 10.1. The molecule has 0 N–H and O–H groups in total. The highest BCUT2D eigenvalue weighted by Crippen LogP contribution is 2.29. The first-order valence-electron chi connectivity index (χ1n) is 8.59. The molecule has 136 valence electrons. The molecule has 1 aromatic carbocycles. The number of halogens is 2. The number of thiocarbonyl (C=S) groups is 1. The van der Waals surface area contributed by atoms with Crippen LogP contribution in [0.25, 0.3) is 21.6 Å². The maximum Gasteiger partial charge on any atom is 0.251 e. The number of benzene rings is 1. The standard InChI is InChI=1S/C20H16F2N4S/c1-23-16-2-4-17(5-3-16)26-9-6-14-12-15(13-24-18(14)26)19(27)25-10-7-20(21,22)8-11-25/h2-6,9,12-13H,7-8,10-11H2. The molecule has 0 spiro atoms. The number of aromatic nitrogens is 2. The van der Waals surface area contributed by atoms with E-state index in [9.17, 15) is 8.78 Å². The minimum Gasteiger partial charge on any atom is -0.362 e. The van der Waals surface area contributed by atoms with E-state index in [1.54, 1.807) is 18.3 Å². The second-order valence-electron chi connectivity index (χ2n) is 6.60. The predicted octanol–water partition coefficient (Wildman–Crippen LogP) is 4.98. The first-order chi connectivity index (χ1) is 13.0. The lowest BCUT2D eigenvalue weighted by Gasteiger charge is -2.33. The van der Waals surface area contributed by atoms with Gasteiger partial charge in [0.1, 0.15) is 10.6 Å². The van der Waals surface area contributed by atoms with Crippen LogP contribution >= 0.6 is 12.2 Å². The van der Waals surface area contributed by atoms with E-state index in [2.05, 4.69) is 9.83 Å². The summed E-state index contributed by atoms with van der Waals surface area (Å²) in [5, 5.41) is 0.923. The van der Waals surface area contributed by atoms with Crippen LogP contribution < -0.4 is 0 Å². The molecule has 3 heterocycles. The molecular formula is C20H16F2N4S. The summed E-state index contributed by atoms with van der Waals surface area (Å²) >= 11 is 5.51. The molecule has 0 amide bonds. The minimum atomic E-state index is -2.59. The maximum atomic E-state index is 13.4. The Bertz CT molecular complexity index is 1040. The van der Waals surface area contributed by atoms with Gasteiger partial charge in [0.25, 0.3) is 5.92 Å². The van der Waals surface area contributed by atoms with Crippen LogP contribution in [0.15, 0.2) is 48.8 Å². The zero-order valence-electron chi connectivity index (χ0n) is 14.4. The molecule has 1 fully saturated rings. The van der Waals surface area contributed by atoms with E-state index >= 15 is 0 Å². The van der Waals surface area contributed by atoms with Gasteiger partial charge in [-0.2, -0.15) is 0 Å². The van der Waals surface area contributed by atoms with E-state index < -0.39 is 5.92 Å². The van der Waals surface area contributed by atoms with Crippen molar-refractivity contribution in [1.29, 1.82) is 0 Å². The van der Waals surface area contributed by atoms with E-state index in [4.69, 9.17) is 18.8 Å². The number of pyridine rings is 1. The number of hydrogen-bond donors (Lipinski definition) is 0. The van der Waals surface area contributed by atoms with Gasteiger partial charge in [-0.1, -0.05) is 24.4 Å². The van der Waals surface area contributed by atoms with Gasteiger partial charge in [0, 0.05) is 55.0 Å². The van der Waals surface area contributed by atoms with Crippen LogP contribution in [0.2, 0.25) is 0 Å². The molecule has 1 saturated heterocycles. The van der Waals surface area contributed by atoms with Gasteiger partial charge >= 0.3 is 0 Å². The molecular weight excluding hydrogens is 366 g/mol. The molecule has 0 unspecified atom stereocenters. The molecule has 1 aliphatic heterocycles. The Morgan fingerprint density at radius 2 is 1.85 bits per heavy atom. The summed E-state index contributed by atoms with van der Waals surface area (Å²) < 4.78 is 28.7. The summed E-state index contributed by atoms with van der Waals surface area (Å²) in [4.78, 5) is 10.3. The van der Waals surface area contributed by atoms with Gasteiger partial charge in [-0.05, 0) is 24.3 Å². The van der Waals surface area contributed by atoms with E-state index in [0.717, 1.165) is 22.3 Å². The summed E-state index contributed by atoms with van der Waals surface area (Å²) in [7, 11) is 0. The number of nitrogens with zero attached hydrogens (tertiary/aromatic N) is 4. The summed E-state index contributed by atoms with van der Waals surface area (Å²) in [5.74, 6) is -2.59. The van der Waals surface area contributed by atoms with E-state index in [-0.39, 0.29) is 25.9 Å². The van der Waals surface area contributed by atoms with Gasteiger partial charge in [-0.3, -0.25) is 0 Å². The zero-order valence-corrected chi connectivity index (χ0v) is 15.2. The van der Waals surface area contributed by atoms with Crippen molar-refractivity contribution in [2.24, 2.45) is 0 Å². The average Bonchev–Trinajstić information content (AvgIpc) is 3.10. The molecule has 1 aliphatic rings. The molecule has 4 nitrogen and oxygen atoms in total. The second-order valence-corrected chi connectivity index (χ2v) is 6.99. The topological polar surface area (TPSA) is 25.4 Å². The van der Waals surface area contributed by atoms with E-state index in [1.807, 2.05) is 39.9 Å². The normalized spacial score (nSPS) is 16.3. The van der Waals surface area contributed by atoms with Crippen LogP contribution in [0.5, 0.6) is 0 Å². The third-order valence-corrected chi connectivity index (χ3v) is 5.31. The Morgan fingerprint density at radius 3 is 2.52 bits per heavy atom. The summed E-state index contributed by atoms with van der Waals surface area (Å²) in [6.07, 6.45) is 3.28. The van der Waals surface area contributed by atoms with Crippen LogP contribution in [-0.2, 0) is 0 Å². The fraction of sp³-hybridized carbons (Fsp3) is 0.250. The van der Waals surface area contributed by atoms with Crippen molar-refractivity contribution >= 4 is 33.9 Å². The molecule has 27 heavy (non-hydrogen) atoms. The maximum absolute atomic E-state index is 13.4. The van der Waals surface area contributed by atoms with E-state index in [1.165, 1.54) is 0 Å². The first-order valence-corrected chi connectivity index (χ1v) is 9.00. The highest BCUT2D eigenvalue weighted by Gasteiger charge is 2.34. The molecule has 3 aromatic rings. The van der Waals surface area contributed by atoms with Gasteiger partial charge in [-0.25, -0.2) is 18.6 Å². The molecule has 0 radical (unpaired) electrons. The number of piperidine rings is 1. The minimum absolute atomic E-state index is 0.167. The molecule has 4 rings (SSSR count). The lowest BCUT2D eigenvalue weighted by molar-refractivity contribution is -0.0430. The Labute approximate surface area is 160 Å². The summed E-state index contributed by atoms with van der Waals surface area (Å²) in [6.45, 7) is 7.56. The lowest BCUT2D eigenvalue weighted by Crippen LogP contribution is -2.42. The van der Waals surface area contributed by atoms with Gasteiger partial charge in [-0.15, -0.1) is 0 Å². The first kappa shape index (κ1) is 17.6. The second kappa shape index (κ2) is 6.71. The number of alkyl halides is 2. The van der Waals surface area contributed by atoms with Crippen molar-refractivity contribution in [3.8, 4) is 5.69 Å². The fourth-order valence-corrected chi connectivity index (χ4v) is 3.55. The fourth-order valence-electron chi connectivity index (χ4n) is 3.26. The van der Waals surface area contributed by atoms with Crippen molar-refractivity contribution in [2.45, 2.75) is 18.8 Å². The third-order valence-electron chi connectivity index (χ3n) is 4.81. The number of rotatable bonds is 2. The number of hydrogen-bond acceptors (Lipinski definition) is 2. The number of likely N-dealkylation sites (tertiary alicyclic amines) is 1. The van der Waals surface area contributed by atoms with Crippen LogP contribution in [0.3, 0.4) is 0 Å². The Balaban J connectivity index is 1.60. The highest BCUT2D eigenvalue weighted by molar-refractivity contribution is 7.80.